The Morgan fingerprint density at radius 1 is 1.33 bits per heavy atom. The highest BCUT2D eigenvalue weighted by Crippen LogP contribution is 2.24. The molecule has 0 spiro atoms. The number of pyridine rings is 1. The average Bonchev–Trinajstić information content (AvgIpc) is 2.37. The van der Waals surface area contributed by atoms with Gasteiger partial charge in [0, 0.05) is 16.8 Å². The minimum absolute atomic E-state index is 0.0236. The topological polar surface area (TPSA) is 62.8 Å². The molecule has 0 amide bonds. The van der Waals surface area contributed by atoms with Crippen molar-refractivity contribution in [1.29, 1.82) is 5.41 Å². The zero-order valence-electron chi connectivity index (χ0n) is 10.2. The smallest absolute Gasteiger partial charge is 0.142 e. The van der Waals surface area contributed by atoms with Gasteiger partial charge >= 0.3 is 0 Å². The number of nitrogens with one attached hydrogen (secondary N) is 1. The molecule has 0 aliphatic rings. The molecule has 0 saturated carbocycles. The summed E-state index contributed by atoms with van der Waals surface area (Å²) in [5.74, 6) is 0.794. The molecule has 1 aromatic heterocycles. The Morgan fingerprint density at radius 3 is 2.89 bits per heavy atom. The zero-order valence-corrected chi connectivity index (χ0v) is 11.0. The van der Waals surface area contributed by atoms with E-state index in [0.717, 1.165) is 11.3 Å². The van der Waals surface area contributed by atoms with Crippen LogP contribution in [0.3, 0.4) is 0 Å². The number of hydrogen-bond acceptors (Lipinski definition) is 3. The number of rotatable bonds is 4. The summed E-state index contributed by atoms with van der Waals surface area (Å²) in [7, 11) is 0. The van der Waals surface area contributed by atoms with Gasteiger partial charge in [-0.05, 0) is 30.7 Å². The number of benzene rings is 1. The van der Waals surface area contributed by atoms with Crippen molar-refractivity contribution < 1.29 is 0 Å². The minimum atomic E-state index is 0.0236. The molecule has 1 aromatic carbocycles. The number of hydrogen-bond donors (Lipinski definition) is 2. The van der Waals surface area contributed by atoms with Crippen LogP contribution < -0.4 is 5.73 Å². The van der Waals surface area contributed by atoms with Gasteiger partial charge in [0.1, 0.15) is 11.5 Å². The maximum absolute atomic E-state index is 7.50. The minimum Gasteiger partial charge on any atom is -0.382 e. The van der Waals surface area contributed by atoms with E-state index in [-0.39, 0.29) is 5.84 Å². The summed E-state index contributed by atoms with van der Waals surface area (Å²) in [4.78, 5) is 5.36. The fourth-order valence-electron chi connectivity index (χ4n) is 1.66. The Bertz CT molecular complexity index is 566. The van der Waals surface area contributed by atoms with Crippen molar-refractivity contribution >= 4 is 17.6 Å². The molecule has 0 saturated heterocycles. The molecule has 0 radical (unpaired) electrons. The first kappa shape index (κ1) is 12.6. The lowest BCUT2D eigenvalue weighted by molar-refractivity contribution is 1.19. The third kappa shape index (κ3) is 3.11. The number of nitrogens with zero attached hydrogens (tertiary/aromatic N) is 1. The van der Waals surface area contributed by atoms with Crippen LogP contribution in [0, 0.1) is 12.3 Å². The van der Waals surface area contributed by atoms with E-state index in [1.54, 1.807) is 18.0 Å². The van der Waals surface area contributed by atoms with Crippen LogP contribution in [0.15, 0.2) is 47.5 Å². The van der Waals surface area contributed by atoms with Crippen LogP contribution >= 0.6 is 11.8 Å². The van der Waals surface area contributed by atoms with Crippen molar-refractivity contribution in [3.8, 4) is 0 Å². The first-order valence-electron chi connectivity index (χ1n) is 5.64. The van der Waals surface area contributed by atoms with Gasteiger partial charge in [0.05, 0.1) is 0 Å². The van der Waals surface area contributed by atoms with Gasteiger partial charge in [-0.2, -0.15) is 0 Å². The highest BCUT2D eigenvalue weighted by atomic mass is 32.2. The fraction of sp³-hybridized carbons (Fsp3) is 0.143. The summed E-state index contributed by atoms with van der Waals surface area (Å²) in [6.07, 6.45) is 1.66. The number of aromatic nitrogens is 1. The Balaban J connectivity index is 2.13. The normalized spacial score (nSPS) is 10.3. The molecule has 2 rings (SSSR count). The molecule has 2 aromatic rings. The van der Waals surface area contributed by atoms with Gasteiger partial charge < -0.3 is 5.73 Å². The molecular formula is C14H15N3S. The molecule has 1 heterocycles. The van der Waals surface area contributed by atoms with Crippen molar-refractivity contribution in [2.75, 3.05) is 0 Å². The van der Waals surface area contributed by atoms with Crippen LogP contribution in [-0.2, 0) is 5.75 Å². The summed E-state index contributed by atoms with van der Waals surface area (Å²) in [6.45, 7) is 2.08. The molecule has 4 heteroatoms. The lowest BCUT2D eigenvalue weighted by Gasteiger charge is -2.07. The summed E-state index contributed by atoms with van der Waals surface area (Å²) in [5, 5.41) is 7.50. The molecule has 0 fully saturated rings. The molecule has 0 unspecified atom stereocenters. The van der Waals surface area contributed by atoms with Crippen LogP contribution in [0.25, 0.3) is 0 Å². The Labute approximate surface area is 111 Å². The van der Waals surface area contributed by atoms with Crippen LogP contribution in [-0.4, -0.2) is 10.8 Å². The van der Waals surface area contributed by atoms with Gasteiger partial charge in [0.15, 0.2) is 0 Å². The molecule has 0 aliphatic heterocycles. The summed E-state index contributed by atoms with van der Waals surface area (Å²) >= 11 is 1.73. The second kappa shape index (κ2) is 5.69. The molecule has 0 bridgehead atoms. The number of nitrogens with two attached hydrogens (primary N) is 1. The monoisotopic (exact) mass is 257 g/mol. The number of aryl methyl sites for hydroxylation is 1. The van der Waals surface area contributed by atoms with Gasteiger partial charge in [-0.1, -0.05) is 23.8 Å². The van der Waals surface area contributed by atoms with E-state index in [1.807, 2.05) is 18.2 Å². The van der Waals surface area contributed by atoms with Crippen molar-refractivity contribution in [2.24, 2.45) is 5.73 Å². The molecule has 18 heavy (non-hydrogen) atoms. The van der Waals surface area contributed by atoms with E-state index in [1.165, 1.54) is 10.5 Å². The van der Waals surface area contributed by atoms with E-state index in [9.17, 15) is 0 Å². The maximum atomic E-state index is 7.50. The largest absolute Gasteiger partial charge is 0.382 e. The first-order chi connectivity index (χ1) is 8.66. The summed E-state index contributed by atoms with van der Waals surface area (Å²) in [6, 6.07) is 12.2. The molecular weight excluding hydrogens is 242 g/mol. The van der Waals surface area contributed by atoms with Crippen LogP contribution in [0.1, 0.15) is 16.8 Å². The standard InChI is InChI=1S/C14H15N3S/c1-10-4-2-6-12(8-10)18-9-11-5-3-7-17-13(11)14(15)16/h2-8H,9H2,1H3,(H3,15,16). The molecule has 0 aliphatic carbocycles. The second-order valence-corrected chi connectivity index (χ2v) is 5.08. The first-order valence-corrected chi connectivity index (χ1v) is 6.63. The fourth-order valence-corrected chi connectivity index (χ4v) is 2.66. The van der Waals surface area contributed by atoms with Crippen molar-refractivity contribution in [3.05, 3.63) is 59.4 Å². The number of nitrogen functional groups attached to an aromatic ring is 1. The Kier molecular flexibility index (Phi) is 3.99. The predicted octanol–water partition coefficient (Wildman–Crippen LogP) is 2.97. The highest BCUT2D eigenvalue weighted by Gasteiger charge is 2.06. The summed E-state index contributed by atoms with van der Waals surface area (Å²) < 4.78 is 0. The molecule has 3 N–H and O–H groups in total. The van der Waals surface area contributed by atoms with Gasteiger partial charge in [-0.25, -0.2) is 0 Å². The number of amidine groups is 1. The van der Waals surface area contributed by atoms with Crippen LogP contribution in [0.5, 0.6) is 0 Å². The highest BCUT2D eigenvalue weighted by molar-refractivity contribution is 7.98. The molecule has 0 atom stereocenters. The van der Waals surface area contributed by atoms with Crippen molar-refractivity contribution in [3.63, 3.8) is 0 Å². The summed E-state index contributed by atoms with van der Waals surface area (Å²) in [5.41, 5.74) is 8.35. The average molecular weight is 257 g/mol. The third-order valence-corrected chi connectivity index (χ3v) is 3.57. The third-order valence-electron chi connectivity index (χ3n) is 2.53. The van der Waals surface area contributed by atoms with Crippen molar-refractivity contribution in [1.82, 2.24) is 4.98 Å². The number of thioether (sulfide) groups is 1. The quantitative estimate of drug-likeness (QED) is 0.503. The van der Waals surface area contributed by atoms with Gasteiger partial charge in [-0.3, -0.25) is 10.4 Å². The van der Waals surface area contributed by atoms with Gasteiger partial charge in [-0.15, -0.1) is 11.8 Å². The lowest BCUT2D eigenvalue weighted by Crippen LogP contribution is -2.15. The zero-order chi connectivity index (χ0) is 13.0. The maximum Gasteiger partial charge on any atom is 0.142 e. The molecule has 3 nitrogen and oxygen atoms in total. The van der Waals surface area contributed by atoms with Gasteiger partial charge in [0.2, 0.25) is 0 Å². The lowest BCUT2D eigenvalue weighted by atomic mass is 10.2. The SMILES string of the molecule is Cc1cccc(SCc2cccnc2C(=N)N)c1. The van der Waals surface area contributed by atoms with E-state index < -0.39 is 0 Å². The Hall–Kier alpha value is -1.81. The van der Waals surface area contributed by atoms with E-state index in [4.69, 9.17) is 11.1 Å². The van der Waals surface area contributed by atoms with E-state index >= 15 is 0 Å². The van der Waals surface area contributed by atoms with E-state index in [2.05, 4.69) is 30.1 Å². The van der Waals surface area contributed by atoms with Crippen molar-refractivity contribution in [2.45, 2.75) is 17.6 Å². The second-order valence-electron chi connectivity index (χ2n) is 4.03. The van der Waals surface area contributed by atoms with Gasteiger partial charge in [0.25, 0.3) is 0 Å². The molecule has 92 valence electrons. The van der Waals surface area contributed by atoms with Crippen LogP contribution in [0.2, 0.25) is 0 Å². The predicted molar refractivity (Wildman–Crippen MR) is 76.0 cm³/mol. The Morgan fingerprint density at radius 2 is 2.17 bits per heavy atom. The van der Waals surface area contributed by atoms with Crippen LogP contribution in [0.4, 0.5) is 0 Å². The van der Waals surface area contributed by atoms with E-state index in [0.29, 0.717) is 5.69 Å².